The van der Waals surface area contributed by atoms with Crippen LogP contribution in [-0.4, -0.2) is 14.5 Å². The zero-order valence-corrected chi connectivity index (χ0v) is 9.39. The number of aromatic nitrogens is 3. The van der Waals surface area contributed by atoms with E-state index in [0.717, 1.165) is 11.1 Å². The van der Waals surface area contributed by atoms with Crippen LogP contribution in [0.25, 0.3) is 16.7 Å². The first-order valence-corrected chi connectivity index (χ1v) is 5.37. The van der Waals surface area contributed by atoms with Gasteiger partial charge in [0.15, 0.2) is 0 Å². The molecule has 17 heavy (non-hydrogen) atoms. The second-order valence-corrected chi connectivity index (χ2v) is 3.92. The molecule has 0 saturated heterocycles. The second-order valence-electron chi connectivity index (χ2n) is 3.56. The van der Waals surface area contributed by atoms with Crippen molar-refractivity contribution in [2.24, 2.45) is 0 Å². The van der Waals surface area contributed by atoms with Crippen LogP contribution >= 0.6 is 11.6 Å². The Labute approximate surface area is 101 Å². The Morgan fingerprint density at radius 2 is 1.82 bits per heavy atom. The Morgan fingerprint density at radius 3 is 2.59 bits per heavy atom. The molecule has 1 aromatic carbocycles. The molecule has 84 valence electrons. The molecule has 0 atom stereocenters. The number of hydrogen-bond donors (Lipinski definition) is 0. The minimum absolute atomic E-state index is 0.266. The highest BCUT2D eigenvalue weighted by Crippen LogP contribution is 2.23. The first kappa shape index (κ1) is 10.2. The standard InChI is InChI=1S/C12H7ClFN3/c13-11-10-5-6-17(12(10)16-7-15-11)9-3-1-8(14)2-4-9/h1-7H. The van der Waals surface area contributed by atoms with Gasteiger partial charge in [0.2, 0.25) is 0 Å². The van der Waals surface area contributed by atoms with Crippen LogP contribution < -0.4 is 0 Å². The summed E-state index contributed by atoms with van der Waals surface area (Å²) < 4.78 is 14.7. The maximum Gasteiger partial charge on any atom is 0.149 e. The molecule has 0 bridgehead atoms. The summed E-state index contributed by atoms with van der Waals surface area (Å²) in [6.45, 7) is 0. The lowest BCUT2D eigenvalue weighted by Gasteiger charge is -2.04. The van der Waals surface area contributed by atoms with Gasteiger partial charge in [0.1, 0.15) is 22.9 Å². The van der Waals surface area contributed by atoms with Gasteiger partial charge in [0.05, 0.1) is 5.39 Å². The number of rotatable bonds is 1. The fourth-order valence-electron chi connectivity index (χ4n) is 1.73. The van der Waals surface area contributed by atoms with Crippen molar-refractivity contribution in [1.29, 1.82) is 0 Å². The van der Waals surface area contributed by atoms with Crippen LogP contribution in [0.4, 0.5) is 4.39 Å². The molecule has 3 rings (SSSR count). The molecule has 0 N–H and O–H groups in total. The van der Waals surface area contributed by atoms with Crippen molar-refractivity contribution >= 4 is 22.6 Å². The van der Waals surface area contributed by atoms with E-state index in [9.17, 15) is 4.39 Å². The molecule has 0 fully saturated rings. The molecule has 5 heteroatoms. The Balaban J connectivity index is 2.24. The number of hydrogen-bond acceptors (Lipinski definition) is 2. The molecule has 2 heterocycles. The van der Waals surface area contributed by atoms with Gasteiger partial charge in [0.25, 0.3) is 0 Å². The van der Waals surface area contributed by atoms with Gasteiger partial charge >= 0.3 is 0 Å². The van der Waals surface area contributed by atoms with Gasteiger partial charge in [-0.2, -0.15) is 0 Å². The summed E-state index contributed by atoms with van der Waals surface area (Å²) >= 11 is 5.96. The van der Waals surface area contributed by atoms with Crippen LogP contribution in [0.1, 0.15) is 0 Å². The molecular weight excluding hydrogens is 241 g/mol. The number of benzene rings is 1. The Morgan fingerprint density at radius 1 is 1.06 bits per heavy atom. The molecular formula is C12H7ClFN3. The average molecular weight is 248 g/mol. The molecule has 0 amide bonds. The molecule has 0 aliphatic carbocycles. The minimum Gasteiger partial charge on any atom is -0.301 e. The van der Waals surface area contributed by atoms with Gasteiger partial charge in [-0.1, -0.05) is 11.6 Å². The zero-order valence-electron chi connectivity index (χ0n) is 8.64. The lowest BCUT2D eigenvalue weighted by atomic mass is 10.3. The predicted octanol–water partition coefficient (Wildman–Crippen LogP) is 3.21. The summed E-state index contributed by atoms with van der Waals surface area (Å²) in [4.78, 5) is 8.08. The van der Waals surface area contributed by atoms with Gasteiger partial charge in [-0.3, -0.25) is 0 Å². The maximum absolute atomic E-state index is 12.9. The molecule has 3 nitrogen and oxygen atoms in total. The number of halogens is 2. The summed E-state index contributed by atoms with van der Waals surface area (Å²) in [5.74, 6) is -0.266. The van der Waals surface area contributed by atoms with E-state index < -0.39 is 0 Å². The van der Waals surface area contributed by atoms with Crippen LogP contribution in [0, 0.1) is 5.82 Å². The van der Waals surface area contributed by atoms with Gasteiger partial charge < -0.3 is 4.57 Å². The summed E-state index contributed by atoms with van der Waals surface area (Å²) in [6.07, 6.45) is 3.24. The quantitative estimate of drug-likeness (QED) is 0.618. The lowest BCUT2D eigenvalue weighted by molar-refractivity contribution is 0.627. The van der Waals surface area contributed by atoms with Crippen molar-refractivity contribution in [2.75, 3.05) is 0 Å². The first-order chi connectivity index (χ1) is 8.25. The fourth-order valence-corrected chi connectivity index (χ4v) is 1.92. The third kappa shape index (κ3) is 1.66. The predicted molar refractivity (Wildman–Crippen MR) is 63.8 cm³/mol. The van der Waals surface area contributed by atoms with Crippen LogP contribution in [0.5, 0.6) is 0 Å². The Bertz CT molecular complexity index is 676. The smallest absolute Gasteiger partial charge is 0.149 e. The molecule has 3 aromatic rings. The number of nitrogens with zero attached hydrogens (tertiary/aromatic N) is 3. The summed E-state index contributed by atoms with van der Waals surface area (Å²) in [5, 5.41) is 1.19. The van der Waals surface area contributed by atoms with Crippen molar-refractivity contribution in [3.63, 3.8) is 0 Å². The van der Waals surface area contributed by atoms with E-state index in [1.807, 2.05) is 16.8 Å². The summed E-state index contributed by atoms with van der Waals surface area (Å²) in [6, 6.07) is 8.02. The fraction of sp³-hybridized carbons (Fsp3) is 0. The van der Waals surface area contributed by atoms with Gasteiger partial charge in [-0.25, -0.2) is 14.4 Å². The van der Waals surface area contributed by atoms with Gasteiger partial charge in [-0.05, 0) is 30.3 Å². The Hall–Kier alpha value is -1.94. The molecule has 0 radical (unpaired) electrons. The van der Waals surface area contributed by atoms with Crippen LogP contribution in [0.15, 0.2) is 42.9 Å². The Kier molecular flexibility index (Phi) is 2.30. The third-order valence-corrected chi connectivity index (χ3v) is 2.84. The summed E-state index contributed by atoms with van der Waals surface area (Å²) in [5.41, 5.74) is 1.53. The highest BCUT2D eigenvalue weighted by atomic mass is 35.5. The second kappa shape index (κ2) is 3.82. The van der Waals surface area contributed by atoms with Crippen molar-refractivity contribution < 1.29 is 4.39 Å². The van der Waals surface area contributed by atoms with E-state index in [-0.39, 0.29) is 5.82 Å². The molecule has 0 aliphatic rings. The van der Waals surface area contributed by atoms with E-state index in [0.29, 0.717) is 10.8 Å². The molecule has 0 aliphatic heterocycles. The SMILES string of the molecule is Fc1ccc(-n2ccc3c(Cl)ncnc32)cc1. The highest BCUT2D eigenvalue weighted by Gasteiger charge is 2.07. The normalized spacial score (nSPS) is 10.9. The van der Waals surface area contributed by atoms with E-state index >= 15 is 0 Å². The molecule has 0 saturated carbocycles. The van der Waals surface area contributed by atoms with Gasteiger partial charge in [-0.15, -0.1) is 0 Å². The van der Waals surface area contributed by atoms with Crippen molar-refractivity contribution in [3.05, 3.63) is 53.8 Å². The van der Waals surface area contributed by atoms with Crippen molar-refractivity contribution in [1.82, 2.24) is 14.5 Å². The van der Waals surface area contributed by atoms with Crippen LogP contribution in [-0.2, 0) is 0 Å². The van der Waals surface area contributed by atoms with Crippen molar-refractivity contribution in [2.45, 2.75) is 0 Å². The molecule has 0 unspecified atom stereocenters. The van der Waals surface area contributed by atoms with Crippen LogP contribution in [0.2, 0.25) is 5.15 Å². The zero-order chi connectivity index (χ0) is 11.8. The number of fused-ring (bicyclic) bond motifs is 1. The van der Waals surface area contributed by atoms with E-state index in [2.05, 4.69) is 9.97 Å². The van der Waals surface area contributed by atoms with Crippen LogP contribution in [0.3, 0.4) is 0 Å². The van der Waals surface area contributed by atoms with E-state index in [1.54, 1.807) is 12.1 Å². The average Bonchev–Trinajstić information content (AvgIpc) is 2.75. The summed E-state index contributed by atoms with van der Waals surface area (Å²) in [7, 11) is 0. The topological polar surface area (TPSA) is 30.7 Å². The third-order valence-electron chi connectivity index (χ3n) is 2.54. The molecule has 2 aromatic heterocycles. The monoisotopic (exact) mass is 247 g/mol. The van der Waals surface area contributed by atoms with E-state index in [1.165, 1.54) is 18.5 Å². The minimum atomic E-state index is -0.266. The largest absolute Gasteiger partial charge is 0.301 e. The van der Waals surface area contributed by atoms with Crippen molar-refractivity contribution in [3.8, 4) is 5.69 Å². The maximum atomic E-state index is 12.9. The lowest BCUT2D eigenvalue weighted by Crippen LogP contribution is -1.94. The van der Waals surface area contributed by atoms with E-state index in [4.69, 9.17) is 11.6 Å². The molecule has 0 spiro atoms. The highest BCUT2D eigenvalue weighted by molar-refractivity contribution is 6.33. The first-order valence-electron chi connectivity index (χ1n) is 4.99. The van der Waals surface area contributed by atoms with Gasteiger partial charge in [0, 0.05) is 11.9 Å².